The maximum atomic E-state index is 11.5. The van der Waals surface area contributed by atoms with Gasteiger partial charge < -0.3 is 10.1 Å². The zero-order valence-electron chi connectivity index (χ0n) is 10.3. The Balaban J connectivity index is 2.02. The number of nitrogens with one attached hydrogen (secondary N) is 2. The van der Waals surface area contributed by atoms with Crippen molar-refractivity contribution in [1.82, 2.24) is 10.3 Å². The fraction of sp³-hybridized carbons (Fsp3) is 0.500. The minimum Gasteiger partial charge on any atom is -0.444 e. The van der Waals surface area contributed by atoms with Gasteiger partial charge >= 0.3 is 6.09 Å². The summed E-state index contributed by atoms with van der Waals surface area (Å²) < 4.78 is 5.16. The Labute approximate surface area is 101 Å². The van der Waals surface area contributed by atoms with Gasteiger partial charge in [-0.3, -0.25) is 5.32 Å². The summed E-state index contributed by atoms with van der Waals surface area (Å²) in [5.41, 5.74) is 1.85. The van der Waals surface area contributed by atoms with E-state index in [1.54, 1.807) is 6.20 Å². The number of carbonyl (C=O) groups excluding carboxylic acids is 1. The fourth-order valence-electron chi connectivity index (χ4n) is 1.66. The van der Waals surface area contributed by atoms with E-state index in [-0.39, 0.29) is 0 Å². The third kappa shape index (κ3) is 3.17. The third-order valence-electron chi connectivity index (χ3n) is 2.34. The highest BCUT2D eigenvalue weighted by molar-refractivity contribution is 5.83. The Morgan fingerprint density at radius 3 is 2.82 bits per heavy atom. The summed E-state index contributed by atoms with van der Waals surface area (Å²) in [5.74, 6) is 0.529. The SMILES string of the molecule is CC(C)(C)OC(=O)Nc1cc2c(cn1)CNC2. The number of carbonyl (C=O) groups is 1. The summed E-state index contributed by atoms with van der Waals surface area (Å²) in [7, 11) is 0. The molecular weight excluding hydrogens is 218 g/mol. The molecule has 2 N–H and O–H groups in total. The highest BCUT2D eigenvalue weighted by Gasteiger charge is 2.17. The minimum absolute atomic E-state index is 0.476. The predicted molar refractivity (Wildman–Crippen MR) is 64.6 cm³/mol. The van der Waals surface area contributed by atoms with Crippen LogP contribution >= 0.6 is 0 Å². The van der Waals surface area contributed by atoms with E-state index in [0.29, 0.717) is 5.82 Å². The topological polar surface area (TPSA) is 63.2 Å². The van der Waals surface area contributed by atoms with Gasteiger partial charge in [0.05, 0.1) is 0 Å². The molecule has 1 aromatic heterocycles. The van der Waals surface area contributed by atoms with E-state index in [0.717, 1.165) is 13.1 Å². The Bertz CT molecular complexity index is 438. The predicted octanol–water partition coefficient (Wildman–Crippen LogP) is 2.03. The molecule has 0 saturated heterocycles. The van der Waals surface area contributed by atoms with Gasteiger partial charge in [0, 0.05) is 19.3 Å². The number of nitrogens with zero attached hydrogens (tertiary/aromatic N) is 1. The molecule has 0 aliphatic carbocycles. The monoisotopic (exact) mass is 235 g/mol. The van der Waals surface area contributed by atoms with Crippen molar-refractivity contribution >= 4 is 11.9 Å². The number of hydrogen-bond donors (Lipinski definition) is 2. The van der Waals surface area contributed by atoms with Crippen LogP contribution in [0.3, 0.4) is 0 Å². The summed E-state index contributed by atoms with van der Waals surface area (Å²) in [6.45, 7) is 7.14. The molecule has 0 fully saturated rings. The van der Waals surface area contributed by atoms with Crippen LogP contribution in [-0.4, -0.2) is 16.7 Å². The molecule has 0 radical (unpaired) electrons. The molecule has 0 atom stereocenters. The molecule has 2 heterocycles. The second-order valence-electron chi connectivity index (χ2n) is 5.07. The van der Waals surface area contributed by atoms with E-state index < -0.39 is 11.7 Å². The first-order chi connectivity index (χ1) is 7.94. The first-order valence-corrected chi connectivity index (χ1v) is 5.62. The lowest BCUT2D eigenvalue weighted by Crippen LogP contribution is -2.27. The Kier molecular flexibility index (Phi) is 3.02. The van der Waals surface area contributed by atoms with Crippen molar-refractivity contribution in [3.05, 3.63) is 23.4 Å². The smallest absolute Gasteiger partial charge is 0.413 e. The molecule has 17 heavy (non-hydrogen) atoms. The largest absolute Gasteiger partial charge is 0.444 e. The zero-order valence-corrected chi connectivity index (χ0v) is 10.3. The molecule has 0 spiro atoms. The zero-order chi connectivity index (χ0) is 12.5. The molecule has 5 nitrogen and oxygen atoms in total. The van der Waals surface area contributed by atoms with Gasteiger partial charge in [-0.2, -0.15) is 0 Å². The van der Waals surface area contributed by atoms with Gasteiger partial charge in [0.1, 0.15) is 11.4 Å². The number of fused-ring (bicyclic) bond motifs is 1. The quantitative estimate of drug-likeness (QED) is 0.781. The van der Waals surface area contributed by atoms with Gasteiger partial charge in [-0.1, -0.05) is 0 Å². The molecule has 1 aromatic rings. The molecule has 0 bridgehead atoms. The molecule has 1 amide bonds. The van der Waals surface area contributed by atoms with Crippen molar-refractivity contribution in [3.63, 3.8) is 0 Å². The van der Waals surface area contributed by atoms with Gasteiger partial charge in [0.15, 0.2) is 0 Å². The van der Waals surface area contributed by atoms with Crippen LogP contribution < -0.4 is 10.6 Å². The third-order valence-corrected chi connectivity index (χ3v) is 2.34. The first kappa shape index (κ1) is 11.9. The maximum Gasteiger partial charge on any atom is 0.413 e. The fourth-order valence-corrected chi connectivity index (χ4v) is 1.66. The van der Waals surface area contributed by atoms with E-state index >= 15 is 0 Å². The number of anilines is 1. The molecular formula is C12H17N3O2. The number of hydrogen-bond acceptors (Lipinski definition) is 4. The number of pyridine rings is 1. The van der Waals surface area contributed by atoms with Crippen molar-refractivity contribution in [2.75, 3.05) is 5.32 Å². The van der Waals surface area contributed by atoms with Gasteiger partial charge in [-0.05, 0) is 38.0 Å². The summed E-state index contributed by atoms with van der Waals surface area (Å²) >= 11 is 0. The lowest BCUT2D eigenvalue weighted by Gasteiger charge is -2.19. The summed E-state index contributed by atoms with van der Waals surface area (Å²) in [5, 5.41) is 5.85. The van der Waals surface area contributed by atoms with E-state index in [1.807, 2.05) is 26.8 Å². The van der Waals surface area contributed by atoms with Crippen LogP contribution in [0.1, 0.15) is 31.9 Å². The molecule has 0 saturated carbocycles. The highest BCUT2D eigenvalue weighted by Crippen LogP contribution is 2.18. The maximum absolute atomic E-state index is 11.5. The lowest BCUT2D eigenvalue weighted by molar-refractivity contribution is 0.0635. The van der Waals surface area contributed by atoms with Crippen LogP contribution in [-0.2, 0) is 17.8 Å². The van der Waals surface area contributed by atoms with Crippen LogP contribution in [0, 0.1) is 0 Å². The van der Waals surface area contributed by atoms with Crippen molar-refractivity contribution < 1.29 is 9.53 Å². The number of aromatic nitrogens is 1. The van der Waals surface area contributed by atoms with Gasteiger partial charge in [-0.15, -0.1) is 0 Å². The van der Waals surface area contributed by atoms with Crippen molar-refractivity contribution in [3.8, 4) is 0 Å². The van der Waals surface area contributed by atoms with Gasteiger partial charge in [0.25, 0.3) is 0 Å². The molecule has 1 aliphatic heterocycles. The lowest BCUT2D eigenvalue weighted by atomic mass is 10.2. The van der Waals surface area contributed by atoms with Crippen LogP contribution in [0.25, 0.3) is 0 Å². The first-order valence-electron chi connectivity index (χ1n) is 5.62. The second-order valence-corrected chi connectivity index (χ2v) is 5.07. The summed E-state index contributed by atoms with van der Waals surface area (Å²) in [6.07, 6.45) is 1.30. The van der Waals surface area contributed by atoms with Crippen LogP contribution in [0.15, 0.2) is 12.3 Å². The Morgan fingerprint density at radius 1 is 1.41 bits per heavy atom. The van der Waals surface area contributed by atoms with E-state index in [1.165, 1.54) is 11.1 Å². The van der Waals surface area contributed by atoms with E-state index in [4.69, 9.17) is 4.74 Å². The standard InChI is InChI=1S/C12H17N3O2/c1-12(2,3)17-11(16)15-10-4-8-5-13-6-9(8)7-14-10/h4,7,13H,5-6H2,1-3H3,(H,14,15,16). The minimum atomic E-state index is -0.498. The molecule has 92 valence electrons. The average Bonchev–Trinajstić information content (AvgIpc) is 2.61. The molecule has 0 aromatic carbocycles. The number of ether oxygens (including phenoxy) is 1. The normalized spacial score (nSPS) is 14.3. The molecule has 0 unspecified atom stereocenters. The second kappa shape index (κ2) is 4.33. The molecule has 2 rings (SSSR count). The van der Waals surface area contributed by atoms with Crippen molar-refractivity contribution in [2.24, 2.45) is 0 Å². The Morgan fingerprint density at radius 2 is 2.12 bits per heavy atom. The highest BCUT2D eigenvalue weighted by atomic mass is 16.6. The Hall–Kier alpha value is -1.62. The van der Waals surface area contributed by atoms with Crippen LogP contribution in [0.4, 0.5) is 10.6 Å². The number of amides is 1. The van der Waals surface area contributed by atoms with Crippen molar-refractivity contribution in [2.45, 2.75) is 39.5 Å². The molecule has 1 aliphatic rings. The van der Waals surface area contributed by atoms with Crippen LogP contribution in [0.2, 0.25) is 0 Å². The van der Waals surface area contributed by atoms with Gasteiger partial charge in [0.2, 0.25) is 0 Å². The number of rotatable bonds is 1. The average molecular weight is 235 g/mol. The van der Waals surface area contributed by atoms with E-state index in [9.17, 15) is 4.79 Å². The van der Waals surface area contributed by atoms with Crippen LogP contribution in [0.5, 0.6) is 0 Å². The molecule has 5 heteroatoms. The van der Waals surface area contributed by atoms with E-state index in [2.05, 4.69) is 15.6 Å². The summed E-state index contributed by atoms with van der Waals surface area (Å²) in [4.78, 5) is 15.7. The van der Waals surface area contributed by atoms with Crippen molar-refractivity contribution in [1.29, 1.82) is 0 Å². The summed E-state index contributed by atoms with van der Waals surface area (Å²) in [6, 6.07) is 1.87. The van der Waals surface area contributed by atoms with Gasteiger partial charge in [-0.25, -0.2) is 9.78 Å².